The largest absolute Gasteiger partial charge is 0.368 e. The highest BCUT2D eigenvalue weighted by atomic mass is 16.1. The van der Waals surface area contributed by atoms with E-state index < -0.39 is 11.4 Å². The van der Waals surface area contributed by atoms with Crippen LogP contribution in [-0.2, 0) is 4.79 Å². The smallest absolute Gasteiger partial charge is 0.237 e. The van der Waals surface area contributed by atoms with Crippen LogP contribution in [0, 0.1) is 0 Å². The first-order valence-electron chi connectivity index (χ1n) is 10.1. The normalized spacial score (nSPS) is 15.8. The molecular formula is C22H22N8O. The molecule has 5 rings (SSSR count). The van der Waals surface area contributed by atoms with E-state index in [1.54, 1.807) is 18.6 Å². The third-order valence-corrected chi connectivity index (χ3v) is 5.85. The number of carbonyl (C=O) groups is 1. The standard InChI is InChI=1S/C22H22N8O/c23-21(31)22(24)6-9-30(10-7-22)19-5-1-4-16(27-19)20-15-11-17(14-3-2-8-25-12-14)26-13-18(15)28-29-20/h1-5,8,11-13H,6-7,9-10,24H2,(H2,23,31)(H,28,29). The van der Waals surface area contributed by atoms with Gasteiger partial charge >= 0.3 is 0 Å². The number of primary amides is 1. The van der Waals surface area contributed by atoms with Crippen molar-refractivity contribution >= 4 is 22.6 Å². The number of H-pyrrole nitrogens is 1. The van der Waals surface area contributed by atoms with Gasteiger partial charge in [-0.15, -0.1) is 0 Å². The van der Waals surface area contributed by atoms with Gasteiger partial charge in [0.05, 0.1) is 28.6 Å². The molecule has 4 aromatic heterocycles. The number of hydrogen-bond acceptors (Lipinski definition) is 7. The fourth-order valence-electron chi connectivity index (χ4n) is 3.90. The molecule has 9 heteroatoms. The monoisotopic (exact) mass is 414 g/mol. The second-order valence-corrected chi connectivity index (χ2v) is 7.82. The molecule has 0 spiro atoms. The van der Waals surface area contributed by atoms with Crippen molar-refractivity contribution in [1.29, 1.82) is 0 Å². The lowest BCUT2D eigenvalue weighted by atomic mass is 9.88. The zero-order valence-electron chi connectivity index (χ0n) is 16.8. The van der Waals surface area contributed by atoms with Crippen LogP contribution in [0.5, 0.6) is 0 Å². The van der Waals surface area contributed by atoms with Crippen molar-refractivity contribution in [2.75, 3.05) is 18.0 Å². The Morgan fingerprint density at radius 1 is 1.10 bits per heavy atom. The Balaban J connectivity index is 1.47. The Kier molecular flexibility index (Phi) is 4.59. The SMILES string of the molecule is NC(=O)C1(N)CCN(c2cccc(-c3n[nH]c4cnc(-c5cccnc5)cc34)n2)CC1. The first-order valence-corrected chi connectivity index (χ1v) is 10.1. The van der Waals surface area contributed by atoms with E-state index in [4.69, 9.17) is 16.5 Å². The van der Waals surface area contributed by atoms with Crippen molar-refractivity contribution in [1.82, 2.24) is 25.1 Å². The molecule has 156 valence electrons. The summed E-state index contributed by atoms with van der Waals surface area (Å²) in [5, 5.41) is 8.46. The molecular weight excluding hydrogens is 392 g/mol. The fourth-order valence-corrected chi connectivity index (χ4v) is 3.90. The summed E-state index contributed by atoms with van der Waals surface area (Å²) in [4.78, 5) is 27.3. The van der Waals surface area contributed by atoms with Gasteiger partial charge in [0.2, 0.25) is 5.91 Å². The maximum Gasteiger partial charge on any atom is 0.237 e. The Bertz CT molecular complexity index is 1240. The number of rotatable bonds is 4. The predicted octanol–water partition coefficient (Wildman–Crippen LogP) is 1.86. The molecule has 5 N–H and O–H groups in total. The third kappa shape index (κ3) is 3.49. The minimum atomic E-state index is -0.942. The minimum absolute atomic E-state index is 0.449. The minimum Gasteiger partial charge on any atom is -0.368 e. The van der Waals surface area contributed by atoms with Crippen LogP contribution in [-0.4, -0.2) is 49.7 Å². The van der Waals surface area contributed by atoms with Crippen LogP contribution in [0.2, 0.25) is 0 Å². The molecule has 1 saturated heterocycles. The molecule has 1 fully saturated rings. The first-order chi connectivity index (χ1) is 15.0. The van der Waals surface area contributed by atoms with E-state index >= 15 is 0 Å². The van der Waals surface area contributed by atoms with Crippen LogP contribution in [0.15, 0.2) is 55.0 Å². The van der Waals surface area contributed by atoms with Crippen molar-refractivity contribution in [3.63, 3.8) is 0 Å². The number of pyridine rings is 3. The van der Waals surface area contributed by atoms with Crippen molar-refractivity contribution in [3.8, 4) is 22.6 Å². The molecule has 1 aliphatic heterocycles. The Hall–Kier alpha value is -3.85. The molecule has 1 aliphatic rings. The Morgan fingerprint density at radius 3 is 2.68 bits per heavy atom. The van der Waals surface area contributed by atoms with Crippen LogP contribution in [0.3, 0.4) is 0 Å². The second-order valence-electron chi connectivity index (χ2n) is 7.82. The van der Waals surface area contributed by atoms with E-state index in [2.05, 4.69) is 25.1 Å². The molecule has 0 saturated carbocycles. The highest BCUT2D eigenvalue weighted by molar-refractivity contribution is 5.93. The maximum absolute atomic E-state index is 11.6. The molecule has 0 radical (unpaired) electrons. The van der Waals surface area contributed by atoms with Crippen molar-refractivity contribution in [2.45, 2.75) is 18.4 Å². The summed E-state index contributed by atoms with van der Waals surface area (Å²) in [5.74, 6) is 0.372. The number of carbonyl (C=O) groups excluding carboxylic acids is 1. The van der Waals surface area contributed by atoms with Gasteiger partial charge in [0.25, 0.3) is 0 Å². The van der Waals surface area contributed by atoms with E-state index in [0.29, 0.717) is 25.9 Å². The average molecular weight is 414 g/mol. The number of aromatic amines is 1. The number of aromatic nitrogens is 5. The summed E-state index contributed by atoms with van der Waals surface area (Å²) in [5.41, 5.74) is 14.8. The van der Waals surface area contributed by atoms with E-state index in [1.165, 1.54) is 0 Å². The van der Waals surface area contributed by atoms with E-state index in [0.717, 1.165) is 39.4 Å². The molecule has 31 heavy (non-hydrogen) atoms. The van der Waals surface area contributed by atoms with Gasteiger partial charge in [-0.25, -0.2) is 4.98 Å². The summed E-state index contributed by atoms with van der Waals surface area (Å²) in [7, 11) is 0. The highest BCUT2D eigenvalue weighted by Gasteiger charge is 2.36. The van der Waals surface area contributed by atoms with Crippen molar-refractivity contribution < 1.29 is 4.79 Å². The van der Waals surface area contributed by atoms with Gasteiger partial charge in [-0.1, -0.05) is 6.07 Å². The first kappa shape index (κ1) is 19.1. The van der Waals surface area contributed by atoms with E-state index in [1.807, 2.05) is 36.4 Å². The topological polar surface area (TPSA) is 140 Å². The lowest BCUT2D eigenvalue weighted by Crippen LogP contribution is -2.58. The fraction of sp³-hybridized carbons (Fsp3) is 0.227. The average Bonchev–Trinajstić information content (AvgIpc) is 3.23. The zero-order chi connectivity index (χ0) is 21.4. The number of piperidine rings is 1. The van der Waals surface area contributed by atoms with Gasteiger partial charge in [-0.3, -0.25) is 19.9 Å². The lowest BCUT2D eigenvalue weighted by molar-refractivity contribution is -0.123. The number of nitrogens with zero attached hydrogens (tertiary/aromatic N) is 5. The number of nitrogens with two attached hydrogens (primary N) is 2. The van der Waals surface area contributed by atoms with Crippen LogP contribution >= 0.6 is 0 Å². The van der Waals surface area contributed by atoms with Gasteiger partial charge in [0.15, 0.2) is 0 Å². The Morgan fingerprint density at radius 2 is 1.94 bits per heavy atom. The second kappa shape index (κ2) is 7.44. The van der Waals surface area contributed by atoms with Crippen LogP contribution in [0.1, 0.15) is 12.8 Å². The van der Waals surface area contributed by atoms with Gasteiger partial charge in [-0.05, 0) is 43.2 Å². The maximum atomic E-state index is 11.6. The van der Waals surface area contributed by atoms with Crippen LogP contribution < -0.4 is 16.4 Å². The van der Waals surface area contributed by atoms with Gasteiger partial charge in [0.1, 0.15) is 11.5 Å². The lowest BCUT2D eigenvalue weighted by Gasteiger charge is -2.37. The molecule has 5 heterocycles. The summed E-state index contributed by atoms with van der Waals surface area (Å²) >= 11 is 0. The molecule has 0 atom stereocenters. The summed E-state index contributed by atoms with van der Waals surface area (Å²) in [6.45, 7) is 1.23. The summed E-state index contributed by atoms with van der Waals surface area (Å²) in [6.07, 6.45) is 6.29. The Labute approximate surface area is 178 Å². The third-order valence-electron chi connectivity index (χ3n) is 5.85. The summed E-state index contributed by atoms with van der Waals surface area (Å²) < 4.78 is 0. The number of amides is 1. The quantitative estimate of drug-likeness (QED) is 0.463. The van der Waals surface area contributed by atoms with Crippen molar-refractivity contribution in [3.05, 3.63) is 55.0 Å². The summed E-state index contributed by atoms with van der Waals surface area (Å²) in [6, 6.07) is 11.7. The number of anilines is 1. The number of fused-ring (bicyclic) bond motifs is 1. The number of hydrogen-bond donors (Lipinski definition) is 3. The zero-order valence-corrected chi connectivity index (χ0v) is 16.8. The molecule has 0 unspecified atom stereocenters. The molecule has 4 aromatic rings. The van der Waals surface area contributed by atoms with Crippen molar-refractivity contribution in [2.24, 2.45) is 11.5 Å². The molecule has 1 amide bonds. The van der Waals surface area contributed by atoms with Gasteiger partial charge in [0, 0.05) is 36.4 Å². The predicted molar refractivity (Wildman–Crippen MR) is 118 cm³/mol. The van der Waals surface area contributed by atoms with E-state index in [-0.39, 0.29) is 0 Å². The molecule has 0 bridgehead atoms. The van der Waals surface area contributed by atoms with Crippen LogP contribution in [0.4, 0.5) is 5.82 Å². The molecule has 0 aromatic carbocycles. The van der Waals surface area contributed by atoms with Crippen LogP contribution in [0.25, 0.3) is 33.5 Å². The van der Waals surface area contributed by atoms with Gasteiger partial charge in [-0.2, -0.15) is 5.10 Å². The highest BCUT2D eigenvalue weighted by Crippen LogP contribution is 2.30. The van der Waals surface area contributed by atoms with Gasteiger partial charge < -0.3 is 16.4 Å². The molecule has 9 nitrogen and oxygen atoms in total. The van der Waals surface area contributed by atoms with E-state index in [9.17, 15) is 4.79 Å². The number of nitrogens with one attached hydrogen (secondary N) is 1. The molecule has 0 aliphatic carbocycles.